The van der Waals surface area contributed by atoms with Crippen molar-refractivity contribution < 1.29 is 0 Å². The topological polar surface area (TPSA) is 77.0 Å². The van der Waals surface area contributed by atoms with Gasteiger partial charge in [-0.2, -0.15) is 12.6 Å². The molecule has 39 heavy (non-hydrogen) atoms. The van der Waals surface area contributed by atoms with Crippen LogP contribution in [0.5, 0.6) is 0 Å². The first kappa shape index (κ1) is 27.9. The van der Waals surface area contributed by atoms with Gasteiger partial charge in [-0.3, -0.25) is 4.98 Å². The summed E-state index contributed by atoms with van der Waals surface area (Å²) in [5.74, 6) is 0.334. The number of nitrogens with two attached hydrogens (primary N) is 2. The van der Waals surface area contributed by atoms with Gasteiger partial charge in [0.15, 0.2) is 0 Å². The van der Waals surface area contributed by atoms with Crippen molar-refractivity contribution in [2.24, 2.45) is 22.8 Å². The molecule has 2 fully saturated rings. The molecule has 1 aromatic heterocycles. The van der Waals surface area contributed by atoms with E-state index in [4.69, 9.17) is 24.1 Å². The van der Waals surface area contributed by atoms with Gasteiger partial charge in [-0.1, -0.05) is 68.2 Å². The Morgan fingerprint density at radius 2 is 2.08 bits per heavy atom. The van der Waals surface area contributed by atoms with Gasteiger partial charge in [0.25, 0.3) is 0 Å². The molecule has 5 N–H and O–H groups in total. The summed E-state index contributed by atoms with van der Waals surface area (Å²) in [6.45, 7) is 13.3. The third-order valence-corrected chi connectivity index (χ3v) is 11.2. The Morgan fingerprint density at radius 1 is 1.26 bits per heavy atom. The molecule has 0 spiro atoms. The van der Waals surface area contributed by atoms with Gasteiger partial charge in [0.2, 0.25) is 0 Å². The monoisotopic (exact) mass is 540 g/mol. The fourth-order valence-electron chi connectivity index (χ4n) is 8.07. The standard InChI is InChI=1S/C34H44N4S/c1-5-7-9-26(6-2)29-13-18-34(36)32(35)16-12-28-20-25(22-38-21-24(3)27-10-8-19-37-23-27)11-15-31(28,4)30(32)14-17-33(29,34)39/h5-10,13,19-20,22-23,30,38-39H,1,3,11-12,14-18,21,35-36H2,2,4H3/b9-7-,25-22-,26-6+/t30-,31+,32+,33+,34-/m1/s1. The molecule has 0 radical (unpaired) electrons. The maximum absolute atomic E-state index is 7.54. The van der Waals surface area contributed by atoms with Crippen molar-refractivity contribution in [1.82, 2.24) is 10.3 Å². The third kappa shape index (κ3) is 4.34. The smallest absolute Gasteiger partial charge is 0.0581 e. The Balaban J connectivity index is 1.36. The Bertz CT molecular complexity index is 1300. The number of rotatable bonds is 7. The SMILES string of the molecule is C=C/C=C\C(=C/C)C1=CC[C@]2(N)[C@]1(S)CC[C@@H]1[C@@]3(C)CC/C(=C/NCC(=C)c4cccnc4)C=C3CC[C@]12N. The van der Waals surface area contributed by atoms with Gasteiger partial charge in [-0.25, -0.2) is 0 Å². The molecular weight excluding hydrogens is 496 g/mol. The van der Waals surface area contributed by atoms with Crippen LogP contribution in [0.15, 0.2) is 103 Å². The zero-order chi connectivity index (χ0) is 27.9. The number of aromatic nitrogens is 1. The van der Waals surface area contributed by atoms with Crippen LogP contribution >= 0.6 is 12.6 Å². The van der Waals surface area contributed by atoms with Crippen LogP contribution in [0.2, 0.25) is 0 Å². The van der Waals surface area contributed by atoms with Crippen molar-refractivity contribution >= 4 is 18.2 Å². The highest BCUT2D eigenvalue weighted by Crippen LogP contribution is 2.66. The van der Waals surface area contributed by atoms with Gasteiger partial charge in [-0.15, -0.1) is 0 Å². The summed E-state index contributed by atoms with van der Waals surface area (Å²) in [6, 6.07) is 4.00. The Morgan fingerprint density at radius 3 is 2.79 bits per heavy atom. The van der Waals surface area contributed by atoms with Crippen LogP contribution in [-0.4, -0.2) is 27.4 Å². The normalized spacial score (nSPS) is 37.0. The minimum absolute atomic E-state index is 0.0556. The molecule has 5 heteroatoms. The van der Waals surface area contributed by atoms with Gasteiger partial charge in [0, 0.05) is 24.5 Å². The molecule has 0 aliphatic heterocycles. The third-order valence-electron chi connectivity index (χ3n) is 10.4. The molecule has 0 unspecified atom stereocenters. The van der Waals surface area contributed by atoms with Crippen molar-refractivity contribution in [2.75, 3.05) is 6.54 Å². The van der Waals surface area contributed by atoms with E-state index in [1.54, 1.807) is 6.20 Å². The molecule has 4 aliphatic rings. The van der Waals surface area contributed by atoms with Gasteiger partial charge >= 0.3 is 0 Å². The molecule has 0 saturated heterocycles. The van der Waals surface area contributed by atoms with Crippen molar-refractivity contribution in [2.45, 2.75) is 74.6 Å². The zero-order valence-corrected chi connectivity index (χ0v) is 24.4. The molecule has 0 amide bonds. The molecular formula is C34H44N4S. The molecule has 5 rings (SSSR count). The average Bonchev–Trinajstić information content (AvgIpc) is 3.22. The van der Waals surface area contributed by atoms with E-state index in [0.717, 1.165) is 56.1 Å². The zero-order valence-electron chi connectivity index (χ0n) is 23.5. The lowest BCUT2D eigenvalue weighted by atomic mass is 9.44. The summed E-state index contributed by atoms with van der Waals surface area (Å²) in [5.41, 5.74) is 21.4. The number of hydrogen-bond acceptors (Lipinski definition) is 5. The van der Waals surface area contributed by atoms with E-state index in [0.29, 0.717) is 12.5 Å². The highest BCUT2D eigenvalue weighted by atomic mass is 32.1. The van der Waals surface area contributed by atoms with Crippen molar-refractivity contribution in [1.29, 1.82) is 0 Å². The number of thiol groups is 1. The molecule has 2 saturated carbocycles. The molecule has 4 nitrogen and oxygen atoms in total. The maximum atomic E-state index is 7.54. The molecule has 4 aliphatic carbocycles. The van der Waals surface area contributed by atoms with Crippen LogP contribution in [0.25, 0.3) is 5.57 Å². The van der Waals surface area contributed by atoms with Crippen LogP contribution < -0.4 is 16.8 Å². The Kier molecular flexibility index (Phi) is 7.47. The van der Waals surface area contributed by atoms with Crippen LogP contribution in [0.4, 0.5) is 0 Å². The van der Waals surface area contributed by atoms with Crippen molar-refractivity contribution in [3.05, 3.63) is 108 Å². The van der Waals surface area contributed by atoms with E-state index >= 15 is 0 Å². The van der Waals surface area contributed by atoms with Crippen LogP contribution in [-0.2, 0) is 0 Å². The summed E-state index contributed by atoms with van der Waals surface area (Å²) in [6.07, 6.45) is 25.4. The largest absolute Gasteiger partial charge is 0.387 e. The Labute approximate surface area is 240 Å². The quantitative estimate of drug-likeness (QED) is 0.233. The van der Waals surface area contributed by atoms with Crippen LogP contribution in [0.1, 0.15) is 64.4 Å². The van der Waals surface area contributed by atoms with E-state index in [1.165, 1.54) is 22.3 Å². The average molecular weight is 541 g/mol. The number of fused-ring (bicyclic) bond motifs is 5. The summed E-state index contributed by atoms with van der Waals surface area (Å²) < 4.78 is -0.441. The second kappa shape index (κ2) is 10.4. The molecule has 206 valence electrons. The Hall–Kier alpha value is -2.60. The number of hydrogen-bond donors (Lipinski definition) is 4. The van der Waals surface area contributed by atoms with E-state index in [2.05, 4.69) is 67.8 Å². The summed E-state index contributed by atoms with van der Waals surface area (Å²) >= 11 is 5.40. The fraction of sp³-hybridized carbons (Fsp3) is 0.441. The molecule has 1 heterocycles. The second-order valence-corrected chi connectivity index (χ2v) is 12.9. The van der Waals surface area contributed by atoms with Gasteiger partial charge in [0.05, 0.1) is 10.3 Å². The first-order chi connectivity index (χ1) is 18.6. The number of nitrogens with one attached hydrogen (secondary N) is 1. The molecule has 1 aromatic rings. The number of allylic oxidation sites excluding steroid dienone is 8. The van der Waals surface area contributed by atoms with Crippen LogP contribution in [0, 0.1) is 11.3 Å². The summed E-state index contributed by atoms with van der Waals surface area (Å²) in [4.78, 5) is 4.20. The van der Waals surface area contributed by atoms with Crippen LogP contribution in [0.3, 0.4) is 0 Å². The minimum Gasteiger partial charge on any atom is -0.387 e. The number of pyridine rings is 1. The predicted octanol–water partition coefficient (Wildman–Crippen LogP) is 6.58. The highest BCUT2D eigenvalue weighted by molar-refractivity contribution is 7.82. The van der Waals surface area contributed by atoms with E-state index < -0.39 is 15.8 Å². The lowest BCUT2D eigenvalue weighted by molar-refractivity contribution is -0.0245. The minimum atomic E-state index is -0.587. The molecule has 0 aromatic carbocycles. The lowest BCUT2D eigenvalue weighted by Crippen LogP contribution is -2.80. The van der Waals surface area contributed by atoms with E-state index in [9.17, 15) is 0 Å². The number of nitrogens with zero attached hydrogens (tertiary/aromatic N) is 1. The first-order valence-corrected chi connectivity index (χ1v) is 14.8. The summed E-state index contributed by atoms with van der Waals surface area (Å²) in [5, 5.41) is 3.49. The fourth-order valence-corrected chi connectivity index (χ4v) is 8.71. The summed E-state index contributed by atoms with van der Waals surface area (Å²) in [7, 11) is 0. The van der Waals surface area contributed by atoms with E-state index in [-0.39, 0.29) is 5.41 Å². The molecule has 0 bridgehead atoms. The van der Waals surface area contributed by atoms with Crippen molar-refractivity contribution in [3.63, 3.8) is 0 Å². The van der Waals surface area contributed by atoms with E-state index in [1.807, 2.05) is 30.5 Å². The van der Waals surface area contributed by atoms with Gasteiger partial charge in [-0.05, 0) is 103 Å². The highest BCUT2D eigenvalue weighted by Gasteiger charge is 2.70. The van der Waals surface area contributed by atoms with Gasteiger partial charge in [0.1, 0.15) is 0 Å². The van der Waals surface area contributed by atoms with Crippen molar-refractivity contribution in [3.8, 4) is 0 Å². The van der Waals surface area contributed by atoms with Gasteiger partial charge < -0.3 is 16.8 Å². The first-order valence-electron chi connectivity index (χ1n) is 14.3. The lowest BCUT2D eigenvalue weighted by Gasteiger charge is -2.67. The second-order valence-electron chi connectivity index (χ2n) is 12.2. The molecule has 5 atom stereocenters. The maximum Gasteiger partial charge on any atom is 0.0581 e. The predicted molar refractivity (Wildman–Crippen MR) is 168 cm³/mol.